The molecule has 0 bridgehead atoms. The van der Waals surface area contributed by atoms with Crippen molar-refractivity contribution in [3.63, 3.8) is 0 Å². The first-order chi connectivity index (χ1) is 7.77. The van der Waals surface area contributed by atoms with Gasteiger partial charge in [-0.15, -0.1) is 6.42 Å². The first-order valence-corrected chi connectivity index (χ1v) is 5.97. The first-order valence-electron chi connectivity index (χ1n) is 5.97. The van der Waals surface area contributed by atoms with E-state index in [1.165, 1.54) is 19.3 Å². The van der Waals surface area contributed by atoms with Crippen molar-refractivity contribution in [2.45, 2.75) is 32.2 Å². The van der Waals surface area contributed by atoms with Crippen LogP contribution in [0.4, 0.5) is 4.79 Å². The van der Waals surface area contributed by atoms with Crippen molar-refractivity contribution in [1.82, 2.24) is 15.5 Å². The summed E-state index contributed by atoms with van der Waals surface area (Å²) in [5, 5.41) is 5.46. The lowest BCUT2D eigenvalue weighted by molar-refractivity contribution is 0.153. The van der Waals surface area contributed by atoms with Crippen molar-refractivity contribution in [3.05, 3.63) is 0 Å². The molecule has 0 saturated carbocycles. The fraction of sp³-hybridized carbons (Fsp3) is 0.750. The molecule has 1 atom stereocenters. The third-order valence-electron chi connectivity index (χ3n) is 3.00. The number of amides is 2. The van der Waals surface area contributed by atoms with E-state index < -0.39 is 0 Å². The Balaban J connectivity index is 2.24. The number of hydrogen-bond acceptors (Lipinski definition) is 2. The summed E-state index contributed by atoms with van der Waals surface area (Å²) >= 11 is 0. The second-order valence-corrected chi connectivity index (χ2v) is 4.05. The topological polar surface area (TPSA) is 44.4 Å². The van der Waals surface area contributed by atoms with Crippen molar-refractivity contribution < 1.29 is 4.79 Å². The molecule has 1 aliphatic rings. The van der Waals surface area contributed by atoms with Gasteiger partial charge in [-0.25, -0.2) is 4.79 Å². The van der Waals surface area contributed by atoms with E-state index >= 15 is 0 Å². The monoisotopic (exact) mass is 223 g/mol. The van der Waals surface area contributed by atoms with E-state index in [0.717, 1.165) is 13.1 Å². The summed E-state index contributed by atoms with van der Waals surface area (Å²) in [5.74, 6) is 2.37. The summed E-state index contributed by atoms with van der Waals surface area (Å²) in [6.07, 6.45) is 8.76. The van der Waals surface area contributed by atoms with E-state index in [-0.39, 0.29) is 12.6 Å². The van der Waals surface area contributed by atoms with Crippen LogP contribution in [0.25, 0.3) is 0 Å². The highest BCUT2D eigenvalue weighted by Gasteiger charge is 2.20. The van der Waals surface area contributed by atoms with Crippen LogP contribution in [0, 0.1) is 12.3 Å². The van der Waals surface area contributed by atoms with Crippen LogP contribution in [0.2, 0.25) is 0 Å². The number of carbonyl (C=O) groups excluding carboxylic acids is 1. The first kappa shape index (κ1) is 12.9. The van der Waals surface area contributed by atoms with Crippen LogP contribution in [0.1, 0.15) is 26.2 Å². The second kappa shape index (κ2) is 7.13. The average Bonchev–Trinajstić information content (AvgIpc) is 2.34. The normalized spacial score (nSPS) is 21.1. The van der Waals surface area contributed by atoms with Gasteiger partial charge in [0.05, 0.1) is 6.54 Å². The SMILES string of the molecule is C#CCNC(=O)NCC1CCCCN1CC. The fourth-order valence-electron chi connectivity index (χ4n) is 2.11. The van der Waals surface area contributed by atoms with E-state index in [9.17, 15) is 4.79 Å². The fourth-order valence-corrected chi connectivity index (χ4v) is 2.11. The number of nitrogens with one attached hydrogen (secondary N) is 2. The van der Waals surface area contributed by atoms with Gasteiger partial charge in [0.25, 0.3) is 0 Å². The number of urea groups is 1. The Labute approximate surface area is 97.8 Å². The van der Waals surface area contributed by atoms with Gasteiger partial charge in [0.15, 0.2) is 0 Å². The van der Waals surface area contributed by atoms with Crippen molar-refractivity contribution >= 4 is 6.03 Å². The lowest BCUT2D eigenvalue weighted by Crippen LogP contribution is -2.48. The number of likely N-dealkylation sites (tertiary alicyclic amines) is 1. The average molecular weight is 223 g/mol. The van der Waals surface area contributed by atoms with Crippen LogP contribution in [-0.2, 0) is 0 Å². The Kier molecular flexibility index (Phi) is 5.73. The van der Waals surface area contributed by atoms with Gasteiger partial charge >= 0.3 is 6.03 Å². The maximum absolute atomic E-state index is 11.3. The highest BCUT2D eigenvalue weighted by Crippen LogP contribution is 2.15. The number of piperidine rings is 1. The third kappa shape index (κ3) is 4.11. The molecule has 2 amide bonds. The zero-order valence-electron chi connectivity index (χ0n) is 9.96. The van der Waals surface area contributed by atoms with E-state index in [2.05, 4.69) is 28.4 Å². The standard InChI is InChI=1S/C12H21N3O/c1-3-8-13-12(16)14-10-11-7-5-6-9-15(11)4-2/h1,11H,4-10H2,2H3,(H2,13,14,16). The Morgan fingerprint density at radius 1 is 1.50 bits per heavy atom. The van der Waals surface area contributed by atoms with E-state index in [1.54, 1.807) is 0 Å². The maximum Gasteiger partial charge on any atom is 0.315 e. The molecule has 0 aliphatic carbocycles. The van der Waals surface area contributed by atoms with Crippen LogP contribution in [0.15, 0.2) is 0 Å². The number of hydrogen-bond donors (Lipinski definition) is 2. The summed E-state index contributed by atoms with van der Waals surface area (Å²) in [6.45, 7) is 5.36. The number of nitrogens with zero attached hydrogens (tertiary/aromatic N) is 1. The number of carbonyl (C=O) groups is 1. The van der Waals surface area contributed by atoms with Gasteiger partial charge in [0, 0.05) is 12.6 Å². The Bertz CT molecular complexity index is 259. The molecule has 0 spiro atoms. The van der Waals surface area contributed by atoms with Crippen LogP contribution in [0.3, 0.4) is 0 Å². The zero-order valence-corrected chi connectivity index (χ0v) is 9.96. The minimum Gasteiger partial charge on any atom is -0.337 e. The smallest absolute Gasteiger partial charge is 0.315 e. The molecular formula is C12H21N3O. The Morgan fingerprint density at radius 3 is 3.00 bits per heavy atom. The molecule has 1 unspecified atom stereocenters. The summed E-state index contributed by atoms with van der Waals surface area (Å²) in [6, 6.07) is 0.315. The van der Waals surface area contributed by atoms with E-state index in [4.69, 9.17) is 6.42 Å². The highest BCUT2D eigenvalue weighted by atomic mass is 16.2. The highest BCUT2D eigenvalue weighted by molar-refractivity contribution is 5.74. The lowest BCUT2D eigenvalue weighted by Gasteiger charge is -2.34. The molecular weight excluding hydrogens is 202 g/mol. The van der Waals surface area contributed by atoms with Crippen LogP contribution >= 0.6 is 0 Å². The van der Waals surface area contributed by atoms with Crippen LogP contribution < -0.4 is 10.6 Å². The molecule has 90 valence electrons. The van der Waals surface area contributed by atoms with Gasteiger partial charge in [-0.05, 0) is 25.9 Å². The van der Waals surface area contributed by atoms with Crippen molar-refractivity contribution in [2.24, 2.45) is 0 Å². The lowest BCUT2D eigenvalue weighted by atomic mass is 10.0. The largest absolute Gasteiger partial charge is 0.337 e. The molecule has 0 aromatic heterocycles. The molecule has 16 heavy (non-hydrogen) atoms. The molecule has 1 saturated heterocycles. The van der Waals surface area contributed by atoms with Crippen molar-refractivity contribution in [1.29, 1.82) is 0 Å². The molecule has 0 radical (unpaired) electrons. The summed E-state index contributed by atoms with van der Waals surface area (Å²) in [5.41, 5.74) is 0. The number of rotatable bonds is 4. The van der Waals surface area contributed by atoms with Gasteiger partial charge < -0.3 is 10.6 Å². The molecule has 1 aliphatic heterocycles. The number of terminal acetylenes is 1. The van der Waals surface area contributed by atoms with Gasteiger partial charge in [-0.1, -0.05) is 19.3 Å². The van der Waals surface area contributed by atoms with Crippen LogP contribution in [0.5, 0.6) is 0 Å². The third-order valence-corrected chi connectivity index (χ3v) is 3.00. The van der Waals surface area contributed by atoms with Gasteiger partial charge in [0.1, 0.15) is 0 Å². The molecule has 1 fully saturated rings. The van der Waals surface area contributed by atoms with Crippen molar-refractivity contribution in [2.75, 3.05) is 26.2 Å². The molecule has 1 rings (SSSR count). The number of likely N-dealkylation sites (N-methyl/N-ethyl adjacent to an activating group) is 1. The Morgan fingerprint density at radius 2 is 2.31 bits per heavy atom. The molecule has 1 heterocycles. The van der Waals surface area contributed by atoms with Gasteiger partial charge in [-0.3, -0.25) is 4.90 Å². The molecule has 0 aromatic carbocycles. The molecule has 0 aromatic rings. The van der Waals surface area contributed by atoms with E-state index in [1.807, 2.05) is 0 Å². The van der Waals surface area contributed by atoms with Crippen molar-refractivity contribution in [3.8, 4) is 12.3 Å². The molecule has 4 nitrogen and oxygen atoms in total. The zero-order chi connectivity index (χ0) is 11.8. The van der Waals surface area contributed by atoms with Gasteiger partial charge in [0.2, 0.25) is 0 Å². The molecule has 2 N–H and O–H groups in total. The summed E-state index contributed by atoms with van der Waals surface area (Å²) in [7, 11) is 0. The minimum atomic E-state index is -0.167. The van der Waals surface area contributed by atoms with E-state index in [0.29, 0.717) is 12.6 Å². The minimum absolute atomic E-state index is 0.167. The Hall–Kier alpha value is -1.21. The quantitative estimate of drug-likeness (QED) is 0.692. The predicted octanol–water partition coefficient (Wildman–Crippen LogP) is 0.793. The predicted molar refractivity (Wildman–Crippen MR) is 65.1 cm³/mol. The summed E-state index contributed by atoms with van der Waals surface area (Å²) in [4.78, 5) is 13.7. The maximum atomic E-state index is 11.3. The van der Waals surface area contributed by atoms with Crippen LogP contribution in [-0.4, -0.2) is 43.2 Å². The second-order valence-electron chi connectivity index (χ2n) is 4.05. The molecule has 4 heteroatoms. The summed E-state index contributed by atoms with van der Waals surface area (Å²) < 4.78 is 0. The van der Waals surface area contributed by atoms with Gasteiger partial charge in [-0.2, -0.15) is 0 Å².